The van der Waals surface area contributed by atoms with Crippen LogP contribution in [0.1, 0.15) is 30.2 Å². The van der Waals surface area contributed by atoms with Gasteiger partial charge in [-0.05, 0) is 36.5 Å². The topological polar surface area (TPSA) is 45.5 Å². The van der Waals surface area contributed by atoms with Gasteiger partial charge in [-0.15, -0.1) is 0 Å². The molecule has 1 saturated carbocycles. The Kier molecular flexibility index (Phi) is 3.95. The average Bonchev–Trinajstić information content (AvgIpc) is 3.22. The summed E-state index contributed by atoms with van der Waals surface area (Å²) in [6.45, 7) is 0.477. The van der Waals surface area contributed by atoms with E-state index in [9.17, 15) is 4.79 Å². The van der Waals surface area contributed by atoms with Crippen LogP contribution in [0.15, 0.2) is 53.1 Å². The first-order valence-electron chi connectivity index (χ1n) is 7.33. The normalized spacial score (nSPS) is 15.5. The SMILES string of the molecule is CN(Cc1ccco1)C(=O)NC(c1ccccc1)C1CC1. The average molecular weight is 284 g/mol. The van der Waals surface area contributed by atoms with Gasteiger partial charge in [-0.2, -0.15) is 0 Å². The number of rotatable bonds is 5. The van der Waals surface area contributed by atoms with Crippen molar-refractivity contribution >= 4 is 6.03 Å². The van der Waals surface area contributed by atoms with Gasteiger partial charge in [0.2, 0.25) is 0 Å². The maximum atomic E-state index is 12.4. The molecular weight excluding hydrogens is 264 g/mol. The van der Waals surface area contributed by atoms with Crippen molar-refractivity contribution in [3.05, 3.63) is 60.1 Å². The van der Waals surface area contributed by atoms with Crippen LogP contribution in [-0.4, -0.2) is 18.0 Å². The molecule has 0 spiro atoms. The Bertz CT molecular complexity index is 576. The molecule has 0 aliphatic heterocycles. The van der Waals surface area contributed by atoms with E-state index in [4.69, 9.17) is 4.42 Å². The van der Waals surface area contributed by atoms with Gasteiger partial charge >= 0.3 is 6.03 Å². The van der Waals surface area contributed by atoms with E-state index >= 15 is 0 Å². The molecule has 1 heterocycles. The molecule has 1 unspecified atom stereocenters. The van der Waals surface area contributed by atoms with Gasteiger partial charge in [0.15, 0.2) is 0 Å². The zero-order valence-corrected chi connectivity index (χ0v) is 12.2. The van der Waals surface area contributed by atoms with E-state index in [1.165, 1.54) is 18.4 Å². The second-order valence-electron chi connectivity index (χ2n) is 5.61. The first-order chi connectivity index (χ1) is 10.2. The van der Waals surface area contributed by atoms with Crippen molar-refractivity contribution in [1.82, 2.24) is 10.2 Å². The molecule has 2 amide bonds. The smallest absolute Gasteiger partial charge is 0.318 e. The Morgan fingerprint density at radius 1 is 1.29 bits per heavy atom. The number of furan rings is 1. The van der Waals surface area contributed by atoms with Crippen LogP contribution in [0.5, 0.6) is 0 Å². The zero-order chi connectivity index (χ0) is 14.7. The van der Waals surface area contributed by atoms with E-state index < -0.39 is 0 Å². The van der Waals surface area contributed by atoms with Crippen LogP contribution >= 0.6 is 0 Å². The lowest BCUT2D eigenvalue weighted by molar-refractivity contribution is 0.197. The quantitative estimate of drug-likeness (QED) is 0.912. The number of carbonyl (C=O) groups is 1. The van der Waals surface area contributed by atoms with Gasteiger partial charge in [0.25, 0.3) is 0 Å². The Morgan fingerprint density at radius 3 is 2.67 bits per heavy atom. The van der Waals surface area contributed by atoms with E-state index in [2.05, 4.69) is 17.4 Å². The highest BCUT2D eigenvalue weighted by Gasteiger charge is 2.33. The number of nitrogens with one attached hydrogen (secondary N) is 1. The highest BCUT2D eigenvalue weighted by Crippen LogP contribution is 2.41. The molecule has 1 fully saturated rings. The summed E-state index contributed by atoms with van der Waals surface area (Å²) in [6.07, 6.45) is 3.99. The van der Waals surface area contributed by atoms with Crippen LogP contribution in [0.4, 0.5) is 4.79 Å². The van der Waals surface area contributed by atoms with Crippen LogP contribution in [0.3, 0.4) is 0 Å². The minimum Gasteiger partial charge on any atom is -0.467 e. The lowest BCUT2D eigenvalue weighted by Gasteiger charge is -2.23. The molecule has 110 valence electrons. The molecular formula is C17H20N2O2. The summed E-state index contributed by atoms with van der Waals surface area (Å²) in [4.78, 5) is 14.0. The van der Waals surface area contributed by atoms with Crippen molar-refractivity contribution in [3.8, 4) is 0 Å². The first kappa shape index (κ1) is 13.7. The van der Waals surface area contributed by atoms with Crippen molar-refractivity contribution in [2.24, 2.45) is 5.92 Å². The minimum atomic E-state index is -0.0628. The summed E-state index contributed by atoms with van der Waals surface area (Å²) >= 11 is 0. The van der Waals surface area contributed by atoms with Crippen molar-refractivity contribution < 1.29 is 9.21 Å². The molecule has 1 aromatic heterocycles. The second-order valence-corrected chi connectivity index (χ2v) is 5.61. The minimum absolute atomic E-state index is 0.0628. The van der Waals surface area contributed by atoms with E-state index in [1.807, 2.05) is 30.3 Å². The fourth-order valence-corrected chi connectivity index (χ4v) is 2.51. The fourth-order valence-electron chi connectivity index (χ4n) is 2.51. The number of nitrogens with zero attached hydrogens (tertiary/aromatic N) is 1. The summed E-state index contributed by atoms with van der Waals surface area (Å²) in [5.74, 6) is 1.35. The van der Waals surface area contributed by atoms with Gasteiger partial charge in [0.05, 0.1) is 18.8 Å². The molecule has 0 saturated heterocycles. The first-order valence-corrected chi connectivity index (χ1v) is 7.33. The molecule has 1 N–H and O–H groups in total. The third kappa shape index (κ3) is 3.45. The molecule has 4 heteroatoms. The molecule has 3 rings (SSSR count). The van der Waals surface area contributed by atoms with E-state index in [-0.39, 0.29) is 12.1 Å². The summed E-state index contributed by atoms with van der Waals surface area (Å²) in [5, 5.41) is 3.15. The highest BCUT2D eigenvalue weighted by molar-refractivity contribution is 5.74. The van der Waals surface area contributed by atoms with Gasteiger partial charge in [0.1, 0.15) is 5.76 Å². The predicted molar refractivity (Wildman–Crippen MR) is 80.6 cm³/mol. The number of carbonyl (C=O) groups excluding carboxylic acids is 1. The molecule has 1 aromatic carbocycles. The Morgan fingerprint density at radius 2 is 2.05 bits per heavy atom. The Labute approximate surface area is 124 Å². The molecule has 21 heavy (non-hydrogen) atoms. The lowest BCUT2D eigenvalue weighted by Crippen LogP contribution is -2.39. The van der Waals surface area contributed by atoms with Gasteiger partial charge in [-0.3, -0.25) is 0 Å². The van der Waals surface area contributed by atoms with Crippen molar-refractivity contribution in [2.75, 3.05) is 7.05 Å². The lowest BCUT2D eigenvalue weighted by atomic mass is 10.0. The molecule has 1 aliphatic carbocycles. The molecule has 1 aliphatic rings. The van der Waals surface area contributed by atoms with Crippen LogP contribution in [-0.2, 0) is 6.54 Å². The maximum Gasteiger partial charge on any atom is 0.318 e. The fraction of sp³-hybridized carbons (Fsp3) is 0.353. The molecule has 2 aromatic rings. The number of amides is 2. The summed E-state index contributed by atoms with van der Waals surface area (Å²) in [5.41, 5.74) is 1.18. The number of hydrogen-bond donors (Lipinski definition) is 1. The Balaban J connectivity index is 1.64. The summed E-state index contributed by atoms with van der Waals surface area (Å²) < 4.78 is 5.28. The third-order valence-corrected chi connectivity index (χ3v) is 3.85. The summed E-state index contributed by atoms with van der Waals surface area (Å²) in [6, 6.07) is 13.9. The Hall–Kier alpha value is -2.23. The van der Waals surface area contributed by atoms with Crippen LogP contribution < -0.4 is 5.32 Å². The molecule has 0 bridgehead atoms. The van der Waals surface area contributed by atoms with Crippen molar-refractivity contribution in [3.63, 3.8) is 0 Å². The van der Waals surface area contributed by atoms with Gasteiger partial charge in [0, 0.05) is 7.05 Å². The summed E-state index contributed by atoms with van der Waals surface area (Å²) in [7, 11) is 1.78. The predicted octanol–water partition coefficient (Wildman–Crippen LogP) is 3.57. The number of hydrogen-bond acceptors (Lipinski definition) is 2. The largest absolute Gasteiger partial charge is 0.467 e. The molecule has 0 radical (unpaired) electrons. The van der Waals surface area contributed by atoms with Crippen LogP contribution in [0.25, 0.3) is 0 Å². The second kappa shape index (κ2) is 6.04. The monoisotopic (exact) mass is 284 g/mol. The van der Waals surface area contributed by atoms with E-state index in [0.29, 0.717) is 12.5 Å². The maximum absolute atomic E-state index is 12.4. The van der Waals surface area contributed by atoms with Gasteiger partial charge < -0.3 is 14.6 Å². The van der Waals surface area contributed by atoms with Gasteiger partial charge in [-0.25, -0.2) is 4.79 Å². The van der Waals surface area contributed by atoms with E-state index in [1.54, 1.807) is 18.2 Å². The third-order valence-electron chi connectivity index (χ3n) is 3.85. The molecule has 4 nitrogen and oxygen atoms in total. The molecule has 1 atom stereocenters. The van der Waals surface area contributed by atoms with Crippen LogP contribution in [0.2, 0.25) is 0 Å². The highest BCUT2D eigenvalue weighted by atomic mass is 16.3. The van der Waals surface area contributed by atoms with E-state index in [0.717, 1.165) is 5.76 Å². The van der Waals surface area contributed by atoms with Crippen LogP contribution in [0, 0.1) is 5.92 Å². The van der Waals surface area contributed by atoms with Gasteiger partial charge in [-0.1, -0.05) is 30.3 Å². The standard InChI is InChI=1S/C17H20N2O2/c1-19(12-15-8-5-11-21-15)17(20)18-16(14-9-10-14)13-6-3-2-4-7-13/h2-8,11,14,16H,9-10,12H2,1H3,(H,18,20). The number of benzene rings is 1. The zero-order valence-electron chi connectivity index (χ0n) is 12.2. The number of urea groups is 1. The van der Waals surface area contributed by atoms with Crippen molar-refractivity contribution in [1.29, 1.82) is 0 Å². The van der Waals surface area contributed by atoms with Crippen molar-refractivity contribution in [2.45, 2.75) is 25.4 Å².